The number of aromatic nitrogens is 1. The van der Waals surface area contributed by atoms with Crippen LogP contribution in [0, 0.1) is 0 Å². The molecule has 1 saturated heterocycles. The fourth-order valence-corrected chi connectivity index (χ4v) is 8.01. The van der Waals surface area contributed by atoms with E-state index in [0.717, 1.165) is 11.8 Å². The van der Waals surface area contributed by atoms with E-state index >= 15 is 0 Å². The number of thioether (sulfide) groups is 1. The molecule has 2 aliphatic heterocycles. The lowest BCUT2D eigenvalue weighted by Crippen LogP contribution is -2.50. The monoisotopic (exact) mass is 603 g/mol. The Hall–Kier alpha value is -3.08. The minimum absolute atomic E-state index is 0.0335. The van der Waals surface area contributed by atoms with Gasteiger partial charge in [-0.1, -0.05) is 41.6 Å². The molecule has 16 heteroatoms. The van der Waals surface area contributed by atoms with Gasteiger partial charge in [0.1, 0.15) is 16.4 Å². The van der Waals surface area contributed by atoms with Crippen LogP contribution in [0.5, 0.6) is 0 Å². The van der Waals surface area contributed by atoms with Gasteiger partial charge in [-0.3, -0.25) is 4.79 Å². The summed E-state index contributed by atoms with van der Waals surface area (Å²) in [7, 11) is -4.46. The van der Waals surface area contributed by atoms with E-state index in [9.17, 15) is 36.3 Å². The van der Waals surface area contributed by atoms with Crippen LogP contribution in [0.1, 0.15) is 35.1 Å². The Bertz CT molecular complexity index is 1430. The molecule has 1 saturated carbocycles. The van der Waals surface area contributed by atoms with Crippen molar-refractivity contribution in [3.05, 3.63) is 63.7 Å². The third-order valence-corrected chi connectivity index (χ3v) is 10.5. The van der Waals surface area contributed by atoms with Gasteiger partial charge in [-0.25, -0.2) is 13.2 Å². The number of carboxylic acids is 1. The van der Waals surface area contributed by atoms with Crippen molar-refractivity contribution in [2.45, 2.75) is 35.2 Å². The normalized spacial score (nSPS) is 26.8. The minimum Gasteiger partial charge on any atom is -0.480 e. The Labute approximate surface area is 230 Å². The summed E-state index contributed by atoms with van der Waals surface area (Å²) in [5.74, 6) is -2.77. The van der Waals surface area contributed by atoms with Crippen LogP contribution >= 0.6 is 11.8 Å². The van der Waals surface area contributed by atoms with Crippen LogP contribution in [-0.2, 0) is 35.9 Å². The van der Waals surface area contributed by atoms with E-state index in [4.69, 9.17) is 9.47 Å². The number of rotatable bonds is 8. The maximum atomic E-state index is 13.4. The lowest BCUT2D eigenvalue weighted by Gasteiger charge is -2.28. The summed E-state index contributed by atoms with van der Waals surface area (Å²) in [6, 6.07) is 8.99. The first-order chi connectivity index (χ1) is 18.9. The second kappa shape index (κ2) is 10.4. The number of amides is 1. The van der Waals surface area contributed by atoms with Crippen LogP contribution < -0.4 is 4.72 Å². The number of morpholine rings is 1. The number of sulfonamides is 1. The number of hydrogen-bond donors (Lipinski definition) is 2. The first-order valence-electron chi connectivity index (χ1n) is 12.1. The van der Waals surface area contributed by atoms with Gasteiger partial charge < -0.3 is 24.0 Å². The molecule has 3 atom stereocenters. The predicted molar refractivity (Wildman–Crippen MR) is 133 cm³/mol. The van der Waals surface area contributed by atoms with Crippen LogP contribution in [-0.4, -0.2) is 74.1 Å². The molecule has 1 aromatic heterocycles. The zero-order chi connectivity index (χ0) is 28.8. The molecular weight excluding hydrogens is 579 g/mol. The quantitative estimate of drug-likeness (QED) is 0.461. The SMILES string of the molecule is O=C(OCC1(c2ccccc2)CC1(NS(=O)(=O)C1=CCC(c2cc(C(F)(F)F)on2)S1)C(=O)O)N1CCOCC1. The first kappa shape index (κ1) is 28.4. The number of allylic oxidation sites excluding steroid dienone is 1. The van der Waals surface area contributed by atoms with E-state index in [-0.39, 0.29) is 22.8 Å². The summed E-state index contributed by atoms with van der Waals surface area (Å²) in [5.41, 5.74) is -3.09. The molecule has 2 fully saturated rings. The number of hydrogen-bond acceptors (Lipinski definition) is 9. The standard InChI is InChI=1S/C24H24F3N3O8S2/c25-24(26,27)18-12-16(28-38-18)17-6-7-19(39-17)40(34,35)29-23(20(31)32)13-22(23,15-4-2-1-3-5-15)14-37-21(33)30-8-10-36-11-9-30/h1-5,7,12,17,29H,6,8-11,13-14H2,(H,31,32). The van der Waals surface area contributed by atoms with Crippen molar-refractivity contribution in [2.24, 2.45) is 0 Å². The van der Waals surface area contributed by atoms with Crippen molar-refractivity contribution >= 4 is 33.8 Å². The fourth-order valence-electron chi connectivity index (χ4n) is 4.90. The van der Waals surface area contributed by atoms with Gasteiger partial charge in [-0.15, -0.1) is 11.8 Å². The topological polar surface area (TPSA) is 148 Å². The number of carbonyl (C=O) groups is 2. The number of alkyl halides is 3. The highest BCUT2D eigenvalue weighted by molar-refractivity contribution is 8.18. The molecule has 2 aromatic rings. The van der Waals surface area contributed by atoms with E-state index < -0.39 is 56.8 Å². The molecule has 11 nitrogen and oxygen atoms in total. The van der Waals surface area contributed by atoms with Crippen molar-refractivity contribution in [3.8, 4) is 0 Å². The molecule has 5 rings (SSSR count). The number of halogens is 3. The van der Waals surface area contributed by atoms with Crippen LogP contribution in [0.15, 0.2) is 51.2 Å². The van der Waals surface area contributed by atoms with Crippen molar-refractivity contribution in [1.29, 1.82) is 0 Å². The summed E-state index contributed by atoms with van der Waals surface area (Å²) in [6.45, 7) is 0.859. The zero-order valence-electron chi connectivity index (χ0n) is 20.7. The summed E-state index contributed by atoms with van der Waals surface area (Å²) in [6.07, 6.45) is -4.29. The first-order valence-corrected chi connectivity index (χ1v) is 14.5. The van der Waals surface area contributed by atoms with Gasteiger partial charge in [0.25, 0.3) is 0 Å². The molecule has 216 valence electrons. The van der Waals surface area contributed by atoms with E-state index in [1.54, 1.807) is 30.3 Å². The molecular formula is C24H24F3N3O8S2. The molecule has 3 heterocycles. The second-order valence-electron chi connectivity index (χ2n) is 9.57. The van der Waals surface area contributed by atoms with E-state index in [1.165, 1.54) is 11.0 Å². The number of benzene rings is 1. The maximum Gasteiger partial charge on any atom is 0.452 e. The zero-order valence-corrected chi connectivity index (χ0v) is 22.4. The molecule has 3 aliphatic rings. The third-order valence-electron chi connectivity index (χ3n) is 7.13. The van der Waals surface area contributed by atoms with E-state index in [0.29, 0.717) is 37.9 Å². The molecule has 40 heavy (non-hydrogen) atoms. The maximum absolute atomic E-state index is 13.4. The Morgan fingerprint density at radius 3 is 2.55 bits per heavy atom. The number of carbonyl (C=O) groups excluding carboxylic acids is 1. The fraction of sp³-hybridized carbons (Fsp3) is 0.458. The number of nitrogens with one attached hydrogen (secondary N) is 1. The molecule has 1 amide bonds. The van der Waals surface area contributed by atoms with Gasteiger partial charge in [-0.05, 0) is 18.4 Å². The Kier molecular flexibility index (Phi) is 7.39. The van der Waals surface area contributed by atoms with Gasteiger partial charge >= 0.3 is 18.2 Å². The average molecular weight is 604 g/mol. The van der Waals surface area contributed by atoms with Gasteiger partial charge in [0.2, 0.25) is 15.8 Å². The molecule has 1 aliphatic carbocycles. The van der Waals surface area contributed by atoms with Crippen LogP contribution in [0.3, 0.4) is 0 Å². The summed E-state index contributed by atoms with van der Waals surface area (Å²) >= 11 is 0.732. The summed E-state index contributed by atoms with van der Waals surface area (Å²) in [4.78, 5) is 26.7. The number of carboxylic acid groups (broad SMARTS) is 1. The van der Waals surface area contributed by atoms with Gasteiger partial charge in [-0.2, -0.15) is 17.9 Å². The smallest absolute Gasteiger partial charge is 0.452 e. The summed E-state index contributed by atoms with van der Waals surface area (Å²) < 4.78 is 82.7. The largest absolute Gasteiger partial charge is 0.480 e. The third kappa shape index (κ3) is 5.20. The number of aliphatic carboxylic acids is 1. The van der Waals surface area contributed by atoms with Gasteiger partial charge in [0.05, 0.1) is 29.6 Å². The summed E-state index contributed by atoms with van der Waals surface area (Å²) in [5, 5.41) is 12.9. The Morgan fingerprint density at radius 2 is 1.93 bits per heavy atom. The minimum atomic E-state index is -4.75. The van der Waals surface area contributed by atoms with Crippen molar-refractivity contribution < 1.29 is 50.3 Å². The molecule has 3 unspecified atom stereocenters. The highest BCUT2D eigenvalue weighted by Gasteiger charge is 2.75. The highest BCUT2D eigenvalue weighted by atomic mass is 32.3. The van der Waals surface area contributed by atoms with Crippen molar-refractivity contribution in [1.82, 2.24) is 14.8 Å². The molecule has 2 N–H and O–H groups in total. The molecule has 0 radical (unpaired) electrons. The Morgan fingerprint density at radius 1 is 1.23 bits per heavy atom. The lowest BCUT2D eigenvalue weighted by atomic mass is 9.91. The van der Waals surface area contributed by atoms with Gasteiger partial charge in [0.15, 0.2) is 0 Å². The molecule has 0 spiro atoms. The highest BCUT2D eigenvalue weighted by Crippen LogP contribution is 2.59. The number of ether oxygens (including phenoxy) is 2. The van der Waals surface area contributed by atoms with Crippen molar-refractivity contribution in [2.75, 3.05) is 32.9 Å². The lowest BCUT2D eigenvalue weighted by molar-refractivity contribution is -0.155. The van der Waals surface area contributed by atoms with Crippen LogP contribution in [0.25, 0.3) is 0 Å². The van der Waals surface area contributed by atoms with E-state index in [2.05, 4.69) is 14.4 Å². The van der Waals surface area contributed by atoms with Gasteiger partial charge in [0, 0.05) is 19.2 Å². The average Bonchev–Trinajstić information content (AvgIpc) is 3.30. The molecule has 1 aromatic carbocycles. The van der Waals surface area contributed by atoms with Crippen molar-refractivity contribution in [3.63, 3.8) is 0 Å². The Balaban J connectivity index is 1.36. The van der Waals surface area contributed by atoms with Crippen LogP contribution in [0.2, 0.25) is 0 Å². The van der Waals surface area contributed by atoms with E-state index in [1.807, 2.05) is 0 Å². The number of nitrogens with zero attached hydrogens (tertiary/aromatic N) is 2. The molecule has 0 bridgehead atoms. The second-order valence-corrected chi connectivity index (χ2v) is 12.7. The van der Waals surface area contributed by atoms with Crippen LogP contribution in [0.4, 0.5) is 18.0 Å². The predicted octanol–water partition coefficient (Wildman–Crippen LogP) is 3.27.